The zero-order valence-electron chi connectivity index (χ0n) is 7.86. The Morgan fingerprint density at radius 2 is 1.87 bits per heavy atom. The molecule has 0 radical (unpaired) electrons. The van der Waals surface area contributed by atoms with Crippen LogP contribution < -0.4 is 4.74 Å². The van der Waals surface area contributed by atoms with Gasteiger partial charge in [-0.3, -0.25) is 4.57 Å². The minimum absolute atomic E-state index is 0.145. The van der Waals surface area contributed by atoms with E-state index in [0.29, 0.717) is 5.75 Å². The first kappa shape index (κ1) is 11.7. The monoisotopic (exact) mass is 231 g/mol. The highest BCUT2D eigenvalue weighted by atomic mass is 31.2. The summed E-state index contributed by atoms with van der Waals surface area (Å²) < 4.78 is 15.8. The summed E-state index contributed by atoms with van der Waals surface area (Å²) in [6.07, 6.45) is 0. The minimum atomic E-state index is -4.56. The van der Waals surface area contributed by atoms with Crippen molar-refractivity contribution in [2.24, 2.45) is 5.16 Å². The van der Waals surface area contributed by atoms with Gasteiger partial charge in [0.1, 0.15) is 5.75 Å². The van der Waals surface area contributed by atoms with Gasteiger partial charge in [0.2, 0.25) is 0 Å². The average Bonchev–Trinajstić information content (AvgIpc) is 2.18. The number of nitrogens with zero attached hydrogens (tertiary/aromatic N) is 1. The summed E-state index contributed by atoms with van der Waals surface area (Å²) >= 11 is 0. The molecule has 0 amide bonds. The predicted octanol–water partition coefficient (Wildman–Crippen LogP) is 1.01. The molecule has 0 aliphatic rings. The summed E-state index contributed by atoms with van der Waals surface area (Å²) in [5.74, 6) is 0.543. The van der Waals surface area contributed by atoms with E-state index in [9.17, 15) is 4.57 Å². The second-order valence-electron chi connectivity index (χ2n) is 2.70. The Kier molecular flexibility index (Phi) is 3.47. The van der Waals surface area contributed by atoms with E-state index in [-0.39, 0.29) is 5.56 Å². The van der Waals surface area contributed by atoms with Gasteiger partial charge in [-0.1, -0.05) is 5.16 Å². The first-order valence-electron chi connectivity index (χ1n) is 3.91. The van der Waals surface area contributed by atoms with Crippen molar-refractivity contribution in [3.8, 4) is 5.75 Å². The number of benzene rings is 1. The highest BCUT2D eigenvalue weighted by molar-refractivity contribution is 7.71. The van der Waals surface area contributed by atoms with Gasteiger partial charge in [-0.05, 0) is 24.3 Å². The molecule has 0 aliphatic carbocycles. The molecule has 0 aliphatic heterocycles. The van der Waals surface area contributed by atoms with Gasteiger partial charge in [-0.15, -0.1) is 0 Å². The van der Waals surface area contributed by atoms with Crippen LogP contribution in [-0.2, 0) is 4.57 Å². The number of rotatable bonds is 3. The summed E-state index contributed by atoms with van der Waals surface area (Å²) in [5.41, 5.74) is -0.517. The van der Waals surface area contributed by atoms with E-state index in [1.54, 1.807) is 0 Å². The van der Waals surface area contributed by atoms with Gasteiger partial charge in [0, 0.05) is 5.56 Å². The fourth-order valence-corrected chi connectivity index (χ4v) is 1.63. The summed E-state index contributed by atoms with van der Waals surface area (Å²) in [6, 6.07) is 5.81. The molecule has 0 spiro atoms. The van der Waals surface area contributed by atoms with Gasteiger partial charge < -0.3 is 19.7 Å². The molecule has 0 saturated heterocycles. The van der Waals surface area contributed by atoms with E-state index in [0.717, 1.165) is 0 Å². The van der Waals surface area contributed by atoms with Crippen LogP contribution in [0.25, 0.3) is 0 Å². The molecule has 0 atom stereocenters. The molecule has 0 heterocycles. The summed E-state index contributed by atoms with van der Waals surface area (Å²) in [7, 11) is -3.09. The molecule has 0 saturated carbocycles. The third kappa shape index (κ3) is 2.79. The maximum atomic E-state index is 10.9. The lowest BCUT2D eigenvalue weighted by Gasteiger charge is -2.06. The van der Waals surface area contributed by atoms with Gasteiger partial charge in [0.05, 0.1) is 7.11 Å². The molecule has 6 nitrogen and oxygen atoms in total. The number of methoxy groups -OCH3 is 1. The van der Waals surface area contributed by atoms with Crippen LogP contribution in [0.3, 0.4) is 0 Å². The van der Waals surface area contributed by atoms with E-state index < -0.39 is 13.0 Å². The van der Waals surface area contributed by atoms with Crippen molar-refractivity contribution < 1.29 is 24.3 Å². The molecule has 1 aromatic carbocycles. The zero-order chi connectivity index (χ0) is 11.5. The molecule has 0 aromatic heterocycles. The third-order valence-electron chi connectivity index (χ3n) is 1.72. The Morgan fingerprint density at radius 3 is 2.20 bits per heavy atom. The molecule has 7 heteroatoms. The van der Waals surface area contributed by atoms with Gasteiger partial charge in [-0.25, -0.2) is 0 Å². The molecule has 0 fully saturated rings. The highest BCUT2D eigenvalue weighted by Crippen LogP contribution is 2.39. The van der Waals surface area contributed by atoms with E-state index >= 15 is 0 Å². The molecule has 0 bridgehead atoms. The smallest absolute Gasteiger partial charge is 0.378 e. The molecule has 82 valence electrons. The topological polar surface area (TPSA) is 99.4 Å². The standard InChI is InChI=1S/C8H10NO5P/c1-14-7-4-2-6(3-5-7)8(9-10)15(11,12)13/h2-5,10H,1H3,(H2,11,12,13)/b9-8-. The lowest BCUT2D eigenvalue weighted by atomic mass is 10.2. The molecule has 15 heavy (non-hydrogen) atoms. The summed E-state index contributed by atoms with van der Waals surface area (Å²) in [5, 5.41) is 11.1. The van der Waals surface area contributed by atoms with Crippen molar-refractivity contribution in [3.63, 3.8) is 0 Å². The van der Waals surface area contributed by atoms with Gasteiger partial charge in [0.25, 0.3) is 0 Å². The first-order chi connectivity index (χ1) is 6.99. The van der Waals surface area contributed by atoms with Crippen molar-refractivity contribution in [2.75, 3.05) is 7.11 Å². The average molecular weight is 231 g/mol. The van der Waals surface area contributed by atoms with Gasteiger partial charge in [-0.2, -0.15) is 0 Å². The van der Waals surface area contributed by atoms with Crippen LogP contribution >= 0.6 is 7.60 Å². The maximum Gasteiger partial charge on any atom is 0.378 e. The summed E-state index contributed by atoms with van der Waals surface area (Å²) in [6.45, 7) is 0. The largest absolute Gasteiger partial charge is 0.497 e. The zero-order valence-corrected chi connectivity index (χ0v) is 8.76. The third-order valence-corrected chi connectivity index (χ3v) is 2.62. The van der Waals surface area contributed by atoms with Crippen LogP contribution in [0.5, 0.6) is 5.75 Å². The fraction of sp³-hybridized carbons (Fsp3) is 0.125. The first-order valence-corrected chi connectivity index (χ1v) is 5.53. The van der Waals surface area contributed by atoms with E-state index in [2.05, 4.69) is 5.16 Å². The van der Waals surface area contributed by atoms with Crippen LogP contribution in [-0.4, -0.2) is 27.6 Å². The lowest BCUT2D eigenvalue weighted by molar-refractivity contribution is 0.317. The SMILES string of the molecule is COc1ccc(/C(=N/O)P(=O)(O)O)cc1. The van der Waals surface area contributed by atoms with Crippen LogP contribution in [0.2, 0.25) is 0 Å². The molecular formula is C8H10NO5P. The van der Waals surface area contributed by atoms with Crippen LogP contribution in [0.15, 0.2) is 29.4 Å². The predicted molar refractivity (Wildman–Crippen MR) is 53.4 cm³/mol. The van der Waals surface area contributed by atoms with Crippen LogP contribution in [0, 0.1) is 0 Å². The van der Waals surface area contributed by atoms with Crippen molar-refractivity contribution in [3.05, 3.63) is 29.8 Å². The molecule has 1 aromatic rings. The normalized spacial score (nSPS) is 12.6. The Hall–Kier alpha value is -1.36. The molecule has 3 N–H and O–H groups in total. The Bertz CT molecular complexity index is 408. The molecule has 0 unspecified atom stereocenters. The highest BCUT2D eigenvalue weighted by Gasteiger charge is 2.25. The fourth-order valence-electron chi connectivity index (χ4n) is 1.02. The van der Waals surface area contributed by atoms with Crippen molar-refractivity contribution >= 4 is 13.0 Å². The van der Waals surface area contributed by atoms with E-state index in [1.165, 1.54) is 31.4 Å². The summed E-state index contributed by atoms with van der Waals surface area (Å²) in [4.78, 5) is 17.7. The molecular weight excluding hydrogens is 221 g/mol. The second kappa shape index (κ2) is 4.44. The second-order valence-corrected chi connectivity index (χ2v) is 4.21. The maximum absolute atomic E-state index is 10.9. The van der Waals surface area contributed by atoms with Crippen molar-refractivity contribution in [1.82, 2.24) is 0 Å². The number of hydrogen-bond donors (Lipinski definition) is 3. The number of oxime groups is 1. The Labute approximate surface area is 86.0 Å². The van der Waals surface area contributed by atoms with Gasteiger partial charge in [0.15, 0.2) is 5.45 Å². The quantitative estimate of drug-likeness (QED) is 0.312. The lowest BCUT2D eigenvalue weighted by Crippen LogP contribution is -2.01. The van der Waals surface area contributed by atoms with Crippen molar-refractivity contribution in [1.29, 1.82) is 0 Å². The Morgan fingerprint density at radius 1 is 1.33 bits per heavy atom. The minimum Gasteiger partial charge on any atom is -0.497 e. The van der Waals surface area contributed by atoms with E-state index in [4.69, 9.17) is 19.7 Å². The number of ether oxygens (including phenoxy) is 1. The van der Waals surface area contributed by atoms with Gasteiger partial charge >= 0.3 is 7.60 Å². The van der Waals surface area contributed by atoms with Crippen molar-refractivity contribution in [2.45, 2.75) is 0 Å². The number of hydrogen-bond acceptors (Lipinski definition) is 4. The molecule has 1 rings (SSSR count). The van der Waals surface area contributed by atoms with Crippen LogP contribution in [0.4, 0.5) is 0 Å². The van der Waals surface area contributed by atoms with Crippen LogP contribution in [0.1, 0.15) is 5.56 Å². The Balaban J connectivity index is 3.11. The van der Waals surface area contributed by atoms with E-state index in [1.807, 2.05) is 0 Å².